The Labute approximate surface area is 114 Å². The van der Waals surface area contributed by atoms with Gasteiger partial charge in [-0.15, -0.1) is 0 Å². The lowest BCUT2D eigenvalue weighted by Gasteiger charge is -2.00. The molecule has 0 saturated heterocycles. The summed E-state index contributed by atoms with van der Waals surface area (Å²) in [6.07, 6.45) is 12.0. The molecule has 1 rings (SSSR count). The highest BCUT2D eigenvalue weighted by molar-refractivity contribution is 5.82. The van der Waals surface area contributed by atoms with E-state index in [2.05, 4.69) is 17.1 Å². The quantitative estimate of drug-likeness (QED) is 0.617. The van der Waals surface area contributed by atoms with Gasteiger partial charge in [-0.1, -0.05) is 58.3 Å². The molecule has 0 atom stereocenters. The van der Waals surface area contributed by atoms with Crippen LogP contribution in [0, 0.1) is 0 Å². The number of aromatic nitrogens is 2. The van der Waals surface area contributed by atoms with Gasteiger partial charge in [0.05, 0.1) is 0 Å². The third kappa shape index (κ3) is 6.94. The summed E-state index contributed by atoms with van der Waals surface area (Å²) in [4.78, 5) is 14.4. The molecule has 0 aliphatic heterocycles. The van der Waals surface area contributed by atoms with Crippen molar-refractivity contribution in [1.82, 2.24) is 10.1 Å². The summed E-state index contributed by atoms with van der Waals surface area (Å²) in [6.45, 7) is 2.23. The number of rotatable bonds is 11. The van der Waals surface area contributed by atoms with Crippen molar-refractivity contribution in [2.24, 2.45) is 0 Å². The predicted octanol–water partition coefficient (Wildman–Crippen LogP) is 3.84. The Morgan fingerprint density at radius 1 is 1.05 bits per heavy atom. The molecule has 0 aliphatic rings. The molecule has 0 amide bonds. The van der Waals surface area contributed by atoms with E-state index in [1.54, 1.807) is 0 Å². The van der Waals surface area contributed by atoms with E-state index in [0.29, 0.717) is 12.3 Å². The van der Waals surface area contributed by atoms with Crippen LogP contribution in [-0.2, 0) is 6.42 Å². The van der Waals surface area contributed by atoms with E-state index < -0.39 is 5.97 Å². The molecule has 108 valence electrons. The van der Waals surface area contributed by atoms with Crippen LogP contribution in [0.1, 0.15) is 81.2 Å². The average molecular weight is 268 g/mol. The van der Waals surface area contributed by atoms with Crippen LogP contribution in [0.3, 0.4) is 0 Å². The first-order valence-electron chi connectivity index (χ1n) is 7.30. The first-order valence-corrected chi connectivity index (χ1v) is 7.30. The van der Waals surface area contributed by atoms with E-state index >= 15 is 0 Å². The van der Waals surface area contributed by atoms with Crippen LogP contribution in [0.2, 0.25) is 0 Å². The second-order valence-corrected chi connectivity index (χ2v) is 4.90. The number of unbranched alkanes of at least 4 members (excludes halogenated alkanes) is 8. The lowest BCUT2D eigenvalue weighted by molar-refractivity contribution is 0.0680. The maximum absolute atomic E-state index is 10.6. The zero-order chi connectivity index (χ0) is 13.9. The monoisotopic (exact) mass is 268 g/mol. The number of carboxylic acid groups (broad SMARTS) is 1. The van der Waals surface area contributed by atoms with Crippen LogP contribution in [-0.4, -0.2) is 21.2 Å². The number of aryl methyl sites for hydroxylation is 1. The Morgan fingerprint density at radius 2 is 1.63 bits per heavy atom. The largest absolute Gasteiger partial charge is 0.475 e. The lowest BCUT2D eigenvalue weighted by atomic mass is 10.1. The Balaban J connectivity index is 1.97. The van der Waals surface area contributed by atoms with Gasteiger partial charge in [0.2, 0.25) is 5.89 Å². The minimum atomic E-state index is -1.14. The molecule has 0 aliphatic carbocycles. The van der Waals surface area contributed by atoms with Crippen LogP contribution in [0.5, 0.6) is 0 Å². The van der Waals surface area contributed by atoms with Gasteiger partial charge in [-0.3, -0.25) is 0 Å². The Bertz CT molecular complexity index is 363. The average Bonchev–Trinajstić information content (AvgIpc) is 2.86. The van der Waals surface area contributed by atoms with Gasteiger partial charge in [-0.05, 0) is 11.6 Å². The van der Waals surface area contributed by atoms with Gasteiger partial charge < -0.3 is 9.63 Å². The molecule has 1 aromatic heterocycles. The van der Waals surface area contributed by atoms with Crippen LogP contribution in [0.15, 0.2) is 4.52 Å². The van der Waals surface area contributed by atoms with Crippen molar-refractivity contribution in [3.8, 4) is 0 Å². The molecule has 0 aromatic carbocycles. The zero-order valence-electron chi connectivity index (χ0n) is 11.7. The molecular formula is C14H24N2O3. The van der Waals surface area contributed by atoms with Crippen molar-refractivity contribution in [3.05, 3.63) is 11.7 Å². The lowest BCUT2D eigenvalue weighted by Crippen LogP contribution is -1.98. The van der Waals surface area contributed by atoms with Gasteiger partial charge >= 0.3 is 5.97 Å². The summed E-state index contributed by atoms with van der Waals surface area (Å²) >= 11 is 0. The SMILES string of the molecule is CCCCCCCCCCCc1nc(C(=O)O)no1. The molecule has 1 N–H and O–H groups in total. The van der Waals surface area contributed by atoms with Crippen molar-refractivity contribution >= 4 is 5.97 Å². The first kappa shape index (κ1) is 15.7. The van der Waals surface area contributed by atoms with Crippen LogP contribution in [0.25, 0.3) is 0 Å². The Kier molecular flexibility index (Phi) is 7.86. The van der Waals surface area contributed by atoms with E-state index in [4.69, 9.17) is 9.63 Å². The molecule has 0 fully saturated rings. The molecule has 0 saturated carbocycles. The van der Waals surface area contributed by atoms with Gasteiger partial charge in [0, 0.05) is 6.42 Å². The van der Waals surface area contributed by atoms with E-state index in [9.17, 15) is 4.79 Å². The Morgan fingerprint density at radius 3 is 2.16 bits per heavy atom. The molecule has 0 bridgehead atoms. The van der Waals surface area contributed by atoms with Crippen molar-refractivity contribution in [3.63, 3.8) is 0 Å². The fraction of sp³-hybridized carbons (Fsp3) is 0.786. The summed E-state index contributed by atoms with van der Waals surface area (Å²) in [5, 5.41) is 12.0. The Hall–Kier alpha value is -1.39. The smallest absolute Gasteiger partial charge is 0.377 e. The summed E-state index contributed by atoms with van der Waals surface area (Å²) in [7, 11) is 0. The van der Waals surface area contributed by atoms with Crippen molar-refractivity contribution in [2.45, 2.75) is 71.1 Å². The van der Waals surface area contributed by atoms with Gasteiger partial charge in [0.1, 0.15) is 0 Å². The standard InChI is InChI=1S/C14H24N2O3/c1-2-3-4-5-6-7-8-9-10-11-12-15-13(14(17)18)16-19-12/h2-11H2,1H3,(H,17,18). The van der Waals surface area contributed by atoms with Crippen molar-refractivity contribution in [1.29, 1.82) is 0 Å². The zero-order valence-corrected chi connectivity index (χ0v) is 11.7. The van der Waals surface area contributed by atoms with Gasteiger partial charge in [0.25, 0.3) is 5.82 Å². The fourth-order valence-corrected chi connectivity index (χ4v) is 2.03. The number of aromatic carboxylic acids is 1. The normalized spacial score (nSPS) is 10.8. The summed E-state index contributed by atoms with van der Waals surface area (Å²) in [6, 6.07) is 0. The third-order valence-corrected chi connectivity index (χ3v) is 3.15. The fourth-order valence-electron chi connectivity index (χ4n) is 2.03. The van der Waals surface area contributed by atoms with Gasteiger partial charge in [-0.25, -0.2) is 4.79 Å². The number of carboxylic acids is 1. The molecule has 1 heterocycles. The van der Waals surface area contributed by atoms with Crippen molar-refractivity contribution < 1.29 is 14.4 Å². The molecule has 5 heteroatoms. The van der Waals surface area contributed by atoms with Gasteiger partial charge in [0.15, 0.2) is 0 Å². The predicted molar refractivity (Wildman–Crippen MR) is 72.2 cm³/mol. The van der Waals surface area contributed by atoms with E-state index in [0.717, 1.165) is 12.8 Å². The van der Waals surface area contributed by atoms with E-state index in [-0.39, 0.29) is 5.82 Å². The van der Waals surface area contributed by atoms with E-state index in [1.165, 1.54) is 44.9 Å². The van der Waals surface area contributed by atoms with Crippen LogP contribution >= 0.6 is 0 Å². The van der Waals surface area contributed by atoms with Crippen molar-refractivity contribution in [2.75, 3.05) is 0 Å². The topological polar surface area (TPSA) is 76.2 Å². The second kappa shape index (κ2) is 9.53. The molecule has 1 aromatic rings. The summed E-state index contributed by atoms with van der Waals surface area (Å²) in [5.41, 5.74) is 0. The second-order valence-electron chi connectivity index (χ2n) is 4.90. The maximum atomic E-state index is 10.6. The number of hydrogen-bond acceptors (Lipinski definition) is 4. The molecule has 0 radical (unpaired) electrons. The number of nitrogens with zero attached hydrogens (tertiary/aromatic N) is 2. The molecule has 0 unspecified atom stereocenters. The molecule has 5 nitrogen and oxygen atoms in total. The highest BCUT2D eigenvalue weighted by Gasteiger charge is 2.11. The summed E-state index contributed by atoms with van der Waals surface area (Å²) < 4.78 is 4.86. The highest BCUT2D eigenvalue weighted by Crippen LogP contribution is 2.11. The molecular weight excluding hydrogens is 244 g/mol. The van der Waals surface area contributed by atoms with Crippen LogP contribution in [0.4, 0.5) is 0 Å². The third-order valence-electron chi connectivity index (χ3n) is 3.15. The van der Waals surface area contributed by atoms with Gasteiger partial charge in [-0.2, -0.15) is 4.98 Å². The maximum Gasteiger partial charge on any atom is 0.377 e. The molecule has 19 heavy (non-hydrogen) atoms. The number of carbonyl (C=O) groups is 1. The number of hydrogen-bond donors (Lipinski definition) is 1. The summed E-state index contributed by atoms with van der Waals surface area (Å²) in [5.74, 6) is -0.951. The first-order chi connectivity index (χ1) is 9.24. The minimum absolute atomic E-state index is 0.245. The van der Waals surface area contributed by atoms with Crippen LogP contribution < -0.4 is 0 Å². The minimum Gasteiger partial charge on any atom is -0.475 e. The van der Waals surface area contributed by atoms with E-state index in [1.807, 2.05) is 0 Å². The molecule has 0 spiro atoms. The highest BCUT2D eigenvalue weighted by atomic mass is 16.5.